The van der Waals surface area contributed by atoms with Crippen LogP contribution < -0.4 is 4.74 Å². The van der Waals surface area contributed by atoms with Crippen LogP contribution in [0.1, 0.15) is 25.1 Å². The summed E-state index contributed by atoms with van der Waals surface area (Å²) in [5.41, 5.74) is 4.38. The second kappa shape index (κ2) is 6.59. The molecule has 1 heterocycles. The summed E-state index contributed by atoms with van der Waals surface area (Å²) in [5.74, 6) is 0.829. The van der Waals surface area contributed by atoms with E-state index in [0.717, 1.165) is 22.7 Å². The number of benzene rings is 2. The standard InChI is InChI=1S/C20H19N3O/c1-14(2)24-19-10-6-16(7-11-19)20-12-17(13-21)22-23(20)18-8-4-15(3)5-9-18/h4-12,14H,1-3H3. The smallest absolute Gasteiger partial charge is 0.163 e. The minimum absolute atomic E-state index is 0.138. The van der Waals surface area contributed by atoms with E-state index < -0.39 is 0 Å². The second-order valence-corrected chi connectivity index (χ2v) is 5.96. The monoisotopic (exact) mass is 317 g/mol. The molecule has 2 aromatic carbocycles. The van der Waals surface area contributed by atoms with Crippen molar-refractivity contribution in [3.8, 4) is 28.8 Å². The van der Waals surface area contributed by atoms with Gasteiger partial charge in [0.05, 0.1) is 17.5 Å². The molecular formula is C20H19N3O. The fourth-order valence-electron chi connectivity index (χ4n) is 2.50. The molecule has 0 aliphatic rings. The largest absolute Gasteiger partial charge is 0.491 e. The van der Waals surface area contributed by atoms with Crippen molar-refractivity contribution in [2.45, 2.75) is 26.9 Å². The van der Waals surface area contributed by atoms with Crippen LogP contribution in [-0.4, -0.2) is 15.9 Å². The van der Waals surface area contributed by atoms with Crippen LogP contribution in [0.15, 0.2) is 54.6 Å². The summed E-state index contributed by atoms with van der Waals surface area (Å²) in [6, 6.07) is 19.8. The van der Waals surface area contributed by atoms with Crippen LogP contribution in [0.25, 0.3) is 16.9 Å². The molecule has 0 radical (unpaired) electrons. The highest BCUT2D eigenvalue weighted by Gasteiger charge is 2.12. The average molecular weight is 317 g/mol. The molecule has 0 aliphatic heterocycles. The first-order valence-corrected chi connectivity index (χ1v) is 7.91. The van der Waals surface area contributed by atoms with E-state index in [0.29, 0.717) is 5.69 Å². The molecule has 1 aromatic heterocycles. The summed E-state index contributed by atoms with van der Waals surface area (Å²) in [6.07, 6.45) is 0.138. The van der Waals surface area contributed by atoms with Gasteiger partial charge in [0, 0.05) is 11.6 Å². The second-order valence-electron chi connectivity index (χ2n) is 5.96. The van der Waals surface area contributed by atoms with E-state index in [1.54, 1.807) is 10.7 Å². The Hall–Kier alpha value is -3.06. The first-order valence-electron chi connectivity index (χ1n) is 7.91. The Morgan fingerprint density at radius 3 is 2.29 bits per heavy atom. The first-order chi connectivity index (χ1) is 11.6. The summed E-state index contributed by atoms with van der Waals surface area (Å²) in [7, 11) is 0. The molecule has 0 atom stereocenters. The molecule has 0 bridgehead atoms. The fraction of sp³-hybridized carbons (Fsp3) is 0.200. The highest BCUT2D eigenvalue weighted by molar-refractivity contribution is 5.64. The number of hydrogen-bond donors (Lipinski definition) is 0. The van der Waals surface area contributed by atoms with Crippen LogP contribution in [0.2, 0.25) is 0 Å². The lowest BCUT2D eigenvalue weighted by molar-refractivity contribution is 0.242. The zero-order valence-corrected chi connectivity index (χ0v) is 14.0. The van der Waals surface area contributed by atoms with Gasteiger partial charge in [-0.15, -0.1) is 0 Å². The molecule has 4 nitrogen and oxygen atoms in total. The fourth-order valence-corrected chi connectivity index (χ4v) is 2.50. The SMILES string of the molecule is Cc1ccc(-n2nc(C#N)cc2-c2ccc(OC(C)C)cc2)cc1. The minimum Gasteiger partial charge on any atom is -0.491 e. The van der Waals surface area contributed by atoms with Gasteiger partial charge in [0.15, 0.2) is 5.69 Å². The number of hydrogen-bond acceptors (Lipinski definition) is 3. The average Bonchev–Trinajstić information content (AvgIpc) is 3.00. The Morgan fingerprint density at radius 2 is 1.71 bits per heavy atom. The van der Waals surface area contributed by atoms with Crippen molar-refractivity contribution in [3.05, 3.63) is 65.9 Å². The van der Waals surface area contributed by atoms with Crippen molar-refractivity contribution >= 4 is 0 Å². The van der Waals surface area contributed by atoms with Crippen molar-refractivity contribution < 1.29 is 4.74 Å². The third-order valence-corrected chi connectivity index (χ3v) is 3.62. The van der Waals surface area contributed by atoms with E-state index in [1.807, 2.05) is 69.3 Å². The summed E-state index contributed by atoms with van der Waals surface area (Å²) in [5, 5.41) is 13.6. The van der Waals surface area contributed by atoms with Gasteiger partial charge in [-0.05, 0) is 57.2 Å². The van der Waals surface area contributed by atoms with Gasteiger partial charge < -0.3 is 4.74 Å². The topological polar surface area (TPSA) is 50.8 Å². The quantitative estimate of drug-likeness (QED) is 0.711. The molecule has 0 N–H and O–H groups in total. The molecule has 0 saturated heterocycles. The lowest BCUT2D eigenvalue weighted by atomic mass is 10.1. The van der Waals surface area contributed by atoms with Crippen molar-refractivity contribution in [2.75, 3.05) is 0 Å². The molecular weight excluding hydrogens is 298 g/mol. The van der Waals surface area contributed by atoms with Crippen LogP contribution in [0.3, 0.4) is 0 Å². The lowest BCUT2D eigenvalue weighted by Gasteiger charge is -2.11. The zero-order chi connectivity index (χ0) is 17.1. The Morgan fingerprint density at radius 1 is 1.04 bits per heavy atom. The van der Waals surface area contributed by atoms with E-state index in [-0.39, 0.29) is 6.10 Å². The number of aryl methyl sites for hydroxylation is 1. The number of rotatable bonds is 4. The van der Waals surface area contributed by atoms with Crippen molar-refractivity contribution in [1.29, 1.82) is 5.26 Å². The molecule has 120 valence electrons. The highest BCUT2D eigenvalue weighted by atomic mass is 16.5. The van der Waals surface area contributed by atoms with E-state index in [4.69, 9.17) is 4.74 Å². The predicted octanol–water partition coefficient (Wildman–Crippen LogP) is 4.51. The molecule has 24 heavy (non-hydrogen) atoms. The maximum absolute atomic E-state index is 9.21. The van der Waals surface area contributed by atoms with E-state index in [1.165, 1.54) is 5.56 Å². The molecule has 0 spiro atoms. The molecule has 3 rings (SSSR count). The number of aromatic nitrogens is 2. The van der Waals surface area contributed by atoms with Gasteiger partial charge in [-0.3, -0.25) is 0 Å². The zero-order valence-electron chi connectivity index (χ0n) is 14.0. The van der Waals surface area contributed by atoms with Gasteiger partial charge in [-0.1, -0.05) is 17.7 Å². The van der Waals surface area contributed by atoms with Gasteiger partial charge in [-0.2, -0.15) is 10.4 Å². The normalized spacial score (nSPS) is 10.6. The number of nitriles is 1. The predicted molar refractivity (Wildman–Crippen MR) is 94.2 cm³/mol. The van der Waals surface area contributed by atoms with Crippen molar-refractivity contribution in [2.24, 2.45) is 0 Å². The highest BCUT2D eigenvalue weighted by Crippen LogP contribution is 2.26. The minimum atomic E-state index is 0.138. The molecule has 0 unspecified atom stereocenters. The summed E-state index contributed by atoms with van der Waals surface area (Å²) in [4.78, 5) is 0. The molecule has 4 heteroatoms. The van der Waals surface area contributed by atoms with Crippen LogP contribution >= 0.6 is 0 Å². The first kappa shape index (κ1) is 15.8. The molecule has 0 saturated carbocycles. The molecule has 0 fully saturated rings. The molecule has 0 aliphatic carbocycles. The third-order valence-electron chi connectivity index (χ3n) is 3.62. The number of ether oxygens (including phenoxy) is 1. The van der Waals surface area contributed by atoms with Crippen molar-refractivity contribution in [3.63, 3.8) is 0 Å². The van der Waals surface area contributed by atoms with Crippen LogP contribution in [-0.2, 0) is 0 Å². The van der Waals surface area contributed by atoms with Crippen LogP contribution in [0.4, 0.5) is 0 Å². The summed E-state index contributed by atoms with van der Waals surface area (Å²) in [6.45, 7) is 6.04. The van der Waals surface area contributed by atoms with Gasteiger partial charge in [0.1, 0.15) is 11.8 Å². The Bertz CT molecular complexity index is 869. The van der Waals surface area contributed by atoms with Gasteiger partial charge in [0.25, 0.3) is 0 Å². The summed E-state index contributed by atoms with van der Waals surface area (Å²) >= 11 is 0. The van der Waals surface area contributed by atoms with E-state index in [2.05, 4.69) is 11.2 Å². The maximum atomic E-state index is 9.21. The third kappa shape index (κ3) is 3.31. The Labute approximate surface area is 141 Å². The maximum Gasteiger partial charge on any atom is 0.163 e. The Kier molecular flexibility index (Phi) is 4.35. The van der Waals surface area contributed by atoms with Crippen molar-refractivity contribution in [1.82, 2.24) is 9.78 Å². The van der Waals surface area contributed by atoms with Gasteiger partial charge in [0.2, 0.25) is 0 Å². The van der Waals surface area contributed by atoms with E-state index >= 15 is 0 Å². The summed E-state index contributed by atoms with van der Waals surface area (Å²) < 4.78 is 7.49. The molecule has 3 aromatic rings. The van der Waals surface area contributed by atoms with Gasteiger partial charge >= 0.3 is 0 Å². The Balaban J connectivity index is 2.02. The lowest BCUT2D eigenvalue weighted by Crippen LogP contribution is -2.05. The molecule has 0 amide bonds. The number of nitrogens with zero attached hydrogens (tertiary/aromatic N) is 3. The van der Waals surface area contributed by atoms with Gasteiger partial charge in [-0.25, -0.2) is 4.68 Å². The van der Waals surface area contributed by atoms with Crippen LogP contribution in [0, 0.1) is 18.3 Å². The van der Waals surface area contributed by atoms with Crippen LogP contribution in [0.5, 0.6) is 5.75 Å². The van der Waals surface area contributed by atoms with E-state index in [9.17, 15) is 5.26 Å².